The molecular formula is C23H27N7. The van der Waals surface area contributed by atoms with Crippen molar-refractivity contribution >= 4 is 11.5 Å². The number of benzene rings is 1. The van der Waals surface area contributed by atoms with Crippen LogP contribution in [0.4, 0.5) is 5.82 Å². The lowest BCUT2D eigenvalue weighted by Crippen LogP contribution is -2.37. The van der Waals surface area contributed by atoms with E-state index in [4.69, 9.17) is 10.7 Å². The number of likely N-dealkylation sites (tertiary alicyclic amines) is 1. The summed E-state index contributed by atoms with van der Waals surface area (Å²) in [7, 11) is 0. The Morgan fingerprint density at radius 3 is 2.53 bits per heavy atom. The van der Waals surface area contributed by atoms with Gasteiger partial charge in [0.1, 0.15) is 0 Å². The van der Waals surface area contributed by atoms with Crippen LogP contribution >= 0.6 is 0 Å². The number of imidazole rings is 1. The Labute approximate surface area is 176 Å². The topological polar surface area (TPSA) is 88.1 Å². The summed E-state index contributed by atoms with van der Waals surface area (Å²) in [5, 5.41) is 7.01. The van der Waals surface area contributed by atoms with Crippen molar-refractivity contribution in [3.05, 3.63) is 54.6 Å². The highest BCUT2D eigenvalue weighted by Gasteiger charge is 2.23. The number of aromatic amines is 1. The number of H-pyrrole nitrogens is 1. The number of fused-ring (bicyclic) bond motifs is 1. The molecule has 7 nitrogen and oxygen atoms in total. The van der Waals surface area contributed by atoms with E-state index in [1.165, 1.54) is 31.5 Å². The molecule has 1 aliphatic rings. The van der Waals surface area contributed by atoms with Crippen molar-refractivity contribution in [2.24, 2.45) is 0 Å². The Kier molecular flexibility index (Phi) is 4.75. The van der Waals surface area contributed by atoms with Crippen LogP contribution in [0.1, 0.15) is 38.2 Å². The van der Waals surface area contributed by atoms with E-state index in [1.807, 2.05) is 16.8 Å². The van der Waals surface area contributed by atoms with Gasteiger partial charge in [-0.1, -0.05) is 24.3 Å². The van der Waals surface area contributed by atoms with Gasteiger partial charge in [-0.05, 0) is 51.3 Å². The molecule has 4 heterocycles. The van der Waals surface area contributed by atoms with Gasteiger partial charge in [0, 0.05) is 35.8 Å². The zero-order valence-corrected chi connectivity index (χ0v) is 17.4. The predicted molar refractivity (Wildman–Crippen MR) is 119 cm³/mol. The molecule has 4 aromatic rings. The highest BCUT2D eigenvalue weighted by molar-refractivity contribution is 5.82. The van der Waals surface area contributed by atoms with E-state index in [1.54, 1.807) is 12.4 Å². The van der Waals surface area contributed by atoms with Crippen molar-refractivity contribution in [2.75, 3.05) is 18.8 Å². The lowest BCUT2D eigenvalue weighted by atomic mass is 9.88. The zero-order valence-electron chi connectivity index (χ0n) is 17.4. The minimum atomic E-state index is 0.423. The Hall–Kier alpha value is -3.19. The number of rotatable bonds is 4. The van der Waals surface area contributed by atoms with E-state index >= 15 is 0 Å². The van der Waals surface area contributed by atoms with Crippen molar-refractivity contribution in [1.29, 1.82) is 0 Å². The average molecular weight is 402 g/mol. The fraction of sp³-hybridized carbons (Fsp3) is 0.348. The molecule has 1 saturated heterocycles. The summed E-state index contributed by atoms with van der Waals surface area (Å²) in [4.78, 5) is 11.6. The molecular weight excluding hydrogens is 374 g/mol. The number of nitrogens with zero attached hydrogens (tertiary/aromatic N) is 5. The molecule has 0 bridgehead atoms. The van der Waals surface area contributed by atoms with Crippen molar-refractivity contribution < 1.29 is 0 Å². The Balaban J connectivity index is 1.50. The second-order valence-electron chi connectivity index (χ2n) is 8.33. The number of aromatic nitrogens is 5. The molecule has 1 aliphatic heterocycles. The zero-order chi connectivity index (χ0) is 20.7. The Morgan fingerprint density at radius 2 is 1.87 bits per heavy atom. The van der Waals surface area contributed by atoms with E-state index < -0.39 is 0 Å². The molecule has 154 valence electrons. The molecule has 0 spiro atoms. The maximum absolute atomic E-state index is 6.22. The van der Waals surface area contributed by atoms with Crippen LogP contribution in [0.3, 0.4) is 0 Å². The highest BCUT2D eigenvalue weighted by Crippen LogP contribution is 2.34. The van der Waals surface area contributed by atoms with Crippen LogP contribution in [-0.2, 0) is 0 Å². The van der Waals surface area contributed by atoms with E-state index in [9.17, 15) is 0 Å². The van der Waals surface area contributed by atoms with E-state index in [2.05, 4.69) is 58.2 Å². The van der Waals surface area contributed by atoms with Gasteiger partial charge in [0.15, 0.2) is 11.5 Å². The van der Waals surface area contributed by atoms with Crippen molar-refractivity contribution in [2.45, 2.75) is 38.6 Å². The smallest absolute Gasteiger partial charge is 0.180 e. The van der Waals surface area contributed by atoms with Crippen molar-refractivity contribution in [3.8, 4) is 22.5 Å². The van der Waals surface area contributed by atoms with Crippen LogP contribution in [-0.4, -0.2) is 48.6 Å². The van der Waals surface area contributed by atoms with Crippen LogP contribution in [0.2, 0.25) is 0 Å². The van der Waals surface area contributed by atoms with E-state index in [-0.39, 0.29) is 0 Å². The van der Waals surface area contributed by atoms with Crippen molar-refractivity contribution in [1.82, 2.24) is 29.5 Å². The first-order chi connectivity index (χ1) is 14.6. The first kappa shape index (κ1) is 18.8. The summed E-state index contributed by atoms with van der Waals surface area (Å²) in [5.74, 6) is 1.05. The number of hydrogen-bond acceptors (Lipinski definition) is 5. The fourth-order valence-corrected chi connectivity index (χ4v) is 4.53. The summed E-state index contributed by atoms with van der Waals surface area (Å²) in [5.41, 5.74) is 12.0. The first-order valence-corrected chi connectivity index (χ1v) is 10.6. The lowest BCUT2D eigenvalue weighted by molar-refractivity contribution is 0.172. The molecule has 7 heteroatoms. The fourth-order valence-electron chi connectivity index (χ4n) is 4.53. The van der Waals surface area contributed by atoms with Gasteiger partial charge < -0.3 is 10.6 Å². The molecule has 3 aromatic heterocycles. The number of piperidine rings is 1. The summed E-state index contributed by atoms with van der Waals surface area (Å²) in [6.07, 6.45) is 9.75. The number of nitrogens with two attached hydrogens (primary N) is 1. The SMILES string of the molecule is CC(C)N1CCC(c2ccc(-c3nc(N)c4nccn4c3-c3cn[nH]c3)cc2)CC1. The molecule has 3 N–H and O–H groups in total. The summed E-state index contributed by atoms with van der Waals surface area (Å²) in [6, 6.07) is 9.46. The second-order valence-corrected chi connectivity index (χ2v) is 8.33. The highest BCUT2D eigenvalue weighted by atomic mass is 15.1. The quantitative estimate of drug-likeness (QED) is 0.540. The van der Waals surface area contributed by atoms with Gasteiger partial charge in [0.25, 0.3) is 0 Å². The number of hydrogen-bond donors (Lipinski definition) is 2. The minimum Gasteiger partial charge on any atom is -0.381 e. The standard InChI is InChI=1S/C23H27N7/c1-15(2)29-10-7-17(8-11-29)16-3-5-18(6-4-16)20-21(19-13-26-27-14-19)30-12-9-25-23(30)22(24)28-20/h3-6,9,12-15,17H,7-8,10-11H2,1-2H3,(H2,24,28)(H,26,27). The molecule has 0 amide bonds. The van der Waals surface area contributed by atoms with Gasteiger partial charge in [0.05, 0.1) is 17.6 Å². The van der Waals surface area contributed by atoms with E-state index in [0.29, 0.717) is 23.4 Å². The third-order valence-electron chi connectivity index (χ3n) is 6.25. The summed E-state index contributed by atoms with van der Waals surface area (Å²) < 4.78 is 1.98. The Morgan fingerprint density at radius 1 is 1.10 bits per heavy atom. The average Bonchev–Trinajstić information content (AvgIpc) is 3.47. The molecule has 0 radical (unpaired) electrons. The molecule has 30 heavy (non-hydrogen) atoms. The minimum absolute atomic E-state index is 0.423. The van der Waals surface area contributed by atoms with Gasteiger partial charge in [0.2, 0.25) is 0 Å². The van der Waals surface area contributed by atoms with Gasteiger partial charge in [-0.25, -0.2) is 9.97 Å². The molecule has 0 saturated carbocycles. The van der Waals surface area contributed by atoms with Crippen LogP contribution in [0.5, 0.6) is 0 Å². The summed E-state index contributed by atoms with van der Waals surface area (Å²) in [6.45, 7) is 6.90. The predicted octanol–water partition coefficient (Wildman–Crippen LogP) is 3.96. The largest absolute Gasteiger partial charge is 0.381 e. The Bertz CT molecular complexity index is 1130. The first-order valence-electron chi connectivity index (χ1n) is 10.6. The molecule has 1 aromatic carbocycles. The number of anilines is 1. The van der Waals surface area contributed by atoms with Gasteiger partial charge in [-0.2, -0.15) is 5.10 Å². The van der Waals surface area contributed by atoms with Crippen LogP contribution in [0.15, 0.2) is 49.1 Å². The monoisotopic (exact) mass is 401 g/mol. The molecule has 1 fully saturated rings. The molecule has 0 atom stereocenters. The molecule has 0 aliphatic carbocycles. The van der Waals surface area contributed by atoms with E-state index in [0.717, 1.165) is 22.5 Å². The van der Waals surface area contributed by atoms with Gasteiger partial charge in [-0.15, -0.1) is 0 Å². The van der Waals surface area contributed by atoms with Gasteiger partial charge in [-0.3, -0.25) is 9.50 Å². The third kappa shape index (κ3) is 3.25. The van der Waals surface area contributed by atoms with Crippen LogP contribution < -0.4 is 5.73 Å². The maximum Gasteiger partial charge on any atom is 0.180 e. The van der Waals surface area contributed by atoms with Crippen molar-refractivity contribution in [3.63, 3.8) is 0 Å². The lowest BCUT2D eigenvalue weighted by Gasteiger charge is -2.34. The molecule has 5 rings (SSSR count). The summed E-state index contributed by atoms with van der Waals surface area (Å²) >= 11 is 0. The molecule has 0 unspecified atom stereocenters. The normalized spacial score (nSPS) is 16.0. The maximum atomic E-state index is 6.22. The third-order valence-corrected chi connectivity index (χ3v) is 6.25. The van der Waals surface area contributed by atoms with Gasteiger partial charge >= 0.3 is 0 Å². The number of nitrogens with one attached hydrogen (secondary N) is 1. The van der Waals surface area contributed by atoms with Crippen LogP contribution in [0, 0.1) is 0 Å². The number of nitrogen functional groups attached to an aromatic ring is 1. The van der Waals surface area contributed by atoms with Crippen LogP contribution in [0.25, 0.3) is 28.2 Å². The second kappa shape index (κ2) is 7.57.